The highest BCUT2D eigenvalue weighted by atomic mass is 32.2. The number of carbonyl (C=O) groups excluding carboxylic acids is 2. The van der Waals surface area contributed by atoms with E-state index in [-0.39, 0.29) is 17.5 Å². The molecule has 1 aromatic carbocycles. The average molecular weight is 454 g/mol. The second-order valence-corrected chi connectivity index (χ2v) is 8.39. The van der Waals surface area contributed by atoms with Gasteiger partial charge in [-0.1, -0.05) is 6.92 Å². The van der Waals surface area contributed by atoms with E-state index >= 15 is 0 Å². The van der Waals surface area contributed by atoms with Gasteiger partial charge in [-0.2, -0.15) is 0 Å². The minimum absolute atomic E-state index is 0.0386. The second-order valence-electron chi connectivity index (χ2n) is 7.35. The number of hydrogen-bond donors (Lipinski definition) is 3. The molecule has 5 N–H and O–H groups in total. The monoisotopic (exact) mass is 453 g/mol. The van der Waals surface area contributed by atoms with E-state index in [0.717, 1.165) is 10.6 Å². The Morgan fingerprint density at radius 1 is 1.22 bits per heavy atom. The maximum atomic E-state index is 11.6. The van der Waals surface area contributed by atoms with Crippen LogP contribution in [0.2, 0.25) is 0 Å². The highest BCUT2D eigenvalue weighted by Gasteiger charge is 2.19. The first kappa shape index (κ1) is 23.3. The molecule has 0 spiro atoms. The van der Waals surface area contributed by atoms with E-state index in [2.05, 4.69) is 25.2 Å². The van der Waals surface area contributed by atoms with E-state index in [1.807, 2.05) is 24.3 Å². The predicted octanol–water partition coefficient (Wildman–Crippen LogP) is 3.00. The number of nitrogens with zero attached hydrogens (tertiary/aromatic N) is 4. The van der Waals surface area contributed by atoms with Crippen LogP contribution in [-0.4, -0.2) is 40.6 Å². The maximum absolute atomic E-state index is 11.6. The zero-order valence-corrected chi connectivity index (χ0v) is 19.0. The van der Waals surface area contributed by atoms with Crippen LogP contribution in [0.3, 0.4) is 0 Å². The molecule has 32 heavy (non-hydrogen) atoms. The summed E-state index contributed by atoms with van der Waals surface area (Å²) in [6, 6.07) is 9.21. The van der Waals surface area contributed by atoms with Gasteiger partial charge < -0.3 is 21.7 Å². The Labute approximate surface area is 191 Å². The number of hydrogen-bond acceptors (Lipinski definition) is 8. The molecule has 0 atom stereocenters. The van der Waals surface area contributed by atoms with Gasteiger partial charge in [0.25, 0.3) is 0 Å². The van der Waals surface area contributed by atoms with Crippen molar-refractivity contribution in [2.75, 3.05) is 23.3 Å². The van der Waals surface area contributed by atoms with Gasteiger partial charge in [0.05, 0.1) is 0 Å². The quantitative estimate of drug-likeness (QED) is 0.330. The van der Waals surface area contributed by atoms with Gasteiger partial charge in [-0.15, -0.1) is 0 Å². The van der Waals surface area contributed by atoms with E-state index in [9.17, 15) is 9.59 Å². The molecule has 2 heterocycles. The minimum Gasteiger partial charge on any atom is -0.402 e. The summed E-state index contributed by atoms with van der Waals surface area (Å²) in [5, 5.41) is 3.33. The summed E-state index contributed by atoms with van der Waals surface area (Å²) < 4.78 is 0. The summed E-state index contributed by atoms with van der Waals surface area (Å²) in [5.41, 5.74) is 12.9. The van der Waals surface area contributed by atoms with Gasteiger partial charge in [-0.05, 0) is 49.0 Å². The van der Waals surface area contributed by atoms with Crippen molar-refractivity contribution in [3.8, 4) is 0 Å². The fourth-order valence-corrected chi connectivity index (χ4v) is 3.77. The third-order valence-electron chi connectivity index (χ3n) is 4.61. The third kappa shape index (κ3) is 6.81. The Balaban J connectivity index is 1.87. The van der Waals surface area contributed by atoms with Gasteiger partial charge in [0.1, 0.15) is 17.4 Å². The smallest absolute Gasteiger partial charge is 0.224 e. The summed E-state index contributed by atoms with van der Waals surface area (Å²) in [5.74, 6) is 1.57. The SMILES string of the molecule is CCC(=O)Nc1ccc(Sc2nc(N=C(N)/C=C(/C)N)cc(N3CCC(=O)CC3)n2)cc1. The molecule has 3 rings (SSSR count). The average Bonchev–Trinajstić information content (AvgIpc) is 2.74. The Morgan fingerprint density at radius 3 is 2.53 bits per heavy atom. The molecular weight excluding hydrogens is 426 g/mol. The van der Waals surface area contributed by atoms with Crippen LogP contribution in [0.5, 0.6) is 0 Å². The summed E-state index contributed by atoms with van der Waals surface area (Å²) >= 11 is 1.38. The van der Waals surface area contributed by atoms with Crippen LogP contribution >= 0.6 is 11.8 Å². The molecular formula is C22H27N7O2S. The molecule has 9 nitrogen and oxygen atoms in total. The van der Waals surface area contributed by atoms with E-state index in [1.54, 1.807) is 26.0 Å². The summed E-state index contributed by atoms with van der Waals surface area (Å²) in [4.78, 5) is 39.7. The number of ketones is 1. The number of anilines is 2. The zero-order chi connectivity index (χ0) is 23.1. The van der Waals surface area contributed by atoms with E-state index in [1.165, 1.54) is 11.8 Å². The number of nitrogens with two attached hydrogens (primary N) is 2. The van der Waals surface area contributed by atoms with Crippen molar-refractivity contribution in [1.82, 2.24) is 9.97 Å². The third-order valence-corrected chi connectivity index (χ3v) is 5.48. The molecule has 0 unspecified atom stereocenters. The van der Waals surface area contributed by atoms with Crippen LogP contribution in [-0.2, 0) is 9.59 Å². The second kappa shape index (κ2) is 10.8. The van der Waals surface area contributed by atoms with Gasteiger partial charge in [0, 0.05) is 54.7 Å². The number of amides is 1. The zero-order valence-electron chi connectivity index (χ0n) is 18.2. The van der Waals surface area contributed by atoms with Gasteiger partial charge >= 0.3 is 0 Å². The van der Waals surface area contributed by atoms with Gasteiger partial charge in [-0.3, -0.25) is 9.59 Å². The fraction of sp³-hybridized carbons (Fsp3) is 0.318. The molecule has 2 aromatic rings. The molecule has 168 valence electrons. The van der Waals surface area contributed by atoms with Crippen molar-refractivity contribution in [3.63, 3.8) is 0 Å². The lowest BCUT2D eigenvalue weighted by Crippen LogP contribution is -2.34. The molecule has 0 saturated carbocycles. The minimum atomic E-state index is -0.0386. The molecule has 1 saturated heterocycles. The van der Waals surface area contributed by atoms with Crippen molar-refractivity contribution >= 4 is 46.6 Å². The maximum Gasteiger partial charge on any atom is 0.224 e. The number of nitrogens with one attached hydrogen (secondary N) is 1. The van der Waals surface area contributed by atoms with Crippen molar-refractivity contribution in [2.45, 2.75) is 43.2 Å². The first-order chi connectivity index (χ1) is 15.3. The van der Waals surface area contributed by atoms with Crippen LogP contribution < -0.4 is 21.7 Å². The van der Waals surface area contributed by atoms with Gasteiger partial charge in [0.15, 0.2) is 11.0 Å². The van der Waals surface area contributed by atoms with E-state index in [0.29, 0.717) is 54.8 Å². The predicted molar refractivity (Wildman–Crippen MR) is 127 cm³/mol. The molecule has 0 radical (unpaired) electrons. The number of carbonyl (C=O) groups is 2. The summed E-state index contributed by atoms with van der Waals surface area (Å²) in [6.45, 7) is 4.74. The van der Waals surface area contributed by atoms with Crippen LogP contribution in [0.25, 0.3) is 0 Å². The normalized spacial score (nSPS) is 15.1. The fourth-order valence-electron chi connectivity index (χ4n) is 3.01. The van der Waals surface area contributed by atoms with Crippen molar-refractivity contribution in [2.24, 2.45) is 16.5 Å². The lowest BCUT2D eigenvalue weighted by molar-refractivity contribution is -0.119. The number of piperidine rings is 1. The van der Waals surface area contributed by atoms with Crippen LogP contribution in [0.4, 0.5) is 17.3 Å². The Morgan fingerprint density at radius 2 is 1.91 bits per heavy atom. The molecule has 1 fully saturated rings. The van der Waals surface area contributed by atoms with Crippen LogP contribution in [0, 0.1) is 0 Å². The number of allylic oxidation sites excluding steroid dienone is 1. The Hall–Kier alpha value is -3.40. The molecule has 1 aromatic heterocycles. The first-order valence-corrected chi connectivity index (χ1v) is 11.2. The molecule has 1 aliphatic heterocycles. The number of amidine groups is 1. The van der Waals surface area contributed by atoms with Crippen molar-refractivity contribution in [3.05, 3.63) is 42.1 Å². The van der Waals surface area contributed by atoms with Crippen molar-refractivity contribution in [1.29, 1.82) is 0 Å². The largest absolute Gasteiger partial charge is 0.402 e. The Bertz CT molecular complexity index is 1040. The standard InChI is InChI=1S/C22H27N7O2S/c1-3-21(31)25-15-4-6-17(7-5-15)32-22-27-19(26-18(24)12-14(2)23)13-20(28-22)29-10-8-16(30)9-11-29/h4-7,12-13H,3,8-11,23H2,1-2H3,(H,25,31)(H2,24,26,27,28)/b14-12-. The first-order valence-electron chi connectivity index (χ1n) is 10.3. The topological polar surface area (TPSA) is 140 Å². The molecule has 1 amide bonds. The Kier molecular flexibility index (Phi) is 7.82. The summed E-state index contributed by atoms with van der Waals surface area (Å²) in [7, 11) is 0. The van der Waals surface area contributed by atoms with Crippen LogP contribution in [0.1, 0.15) is 33.1 Å². The number of aliphatic imine (C=N–C) groups is 1. The molecule has 10 heteroatoms. The number of aromatic nitrogens is 2. The lowest BCUT2D eigenvalue weighted by atomic mass is 10.1. The molecule has 0 aliphatic carbocycles. The lowest BCUT2D eigenvalue weighted by Gasteiger charge is -2.27. The molecule has 1 aliphatic rings. The van der Waals surface area contributed by atoms with E-state index in [4.69, 9.17) is 11.5 Å². The highest BCUT2D eigenvalue weighted by molar-refractivity contribution is 7.99. The van der Waals surface area contributed by atoms with E-state index < -0.39 is 0 Å². The summed E-state index contributed by atoms with van der Waals surface area (Å²) in [6.07, 6.45) is 2.97. The number of rotatable bonds is 7. The molecule has 0 bridgehead atoms. The van der Waals surface area contributed by atoms with Gasteiger partial charge in [0.2, 0.25) is 5.91 Å². The number of Topliss-reactive ketones (excluding diaryl/α,β-unsaturated/α-hetero) is 1. The van der Waals surface area contributed by atoms with Gasteiger partial charge in [-0.25, -0.2) is 15.0 Å². The highest BCUT2D eigenvalue weighted by Crippen LogP contribution is 2.30. The number of benzene rings is 1. The van der Waals surface area contributed by atoms with Crippen molar-refractivity contribution < 1.29 is 9.59 Å². The van der Waals surface area contributed by atoms with Crippen LogP contribution in [0.15, 0.2) is 57.1 Å².